The maximum atomic E-state index is 13.4. The highest BCUT2D eigenvalue weighted by molar-refractivity contribution is 5.63. The Kier molecular flexibility index (Phi) is 4.05. The van der Waals surface area contributed by atoms with Crippen LogP contribution in [0.15, 0.2) is 42.9 Å². The van der Waals surface area contributed by atoms with E-state index in [0.717, 1.165) is 46.7 Å². The number of pyridine rings is 3. The van der Waals surface area contributed by atoms with Gasteiger partial charge in [0.2, 0.25) is 5.95 Å². The molecule has 0 bridgehead atoms. The Morgan fingerprint density at radius 3 is 2.77 bits per heavy atom. The molecule has 0 fully saturated rings. The first kappa shape index (κ1) is 16.2. The summed E-state index contributed by atoms with van der Waals surface area (Å²) in [4.78, 5) is 14.8. The highest BCUT2D eigenvalue weighted by Gasteiger charge is 2.20. The molecule has 0 N–H and O–H groups in total. The molecule has 6 heteroatoms. The number of aryl methyl sites for hydroxylation is 1. The molecule has 1 aliphatic rings. The van der Waals surface area contributed by atoms with Crippen molar-refractivity contribution in [3.05, 3.63) is 71.2 Å². The molecule has 4 rings (SSSR count). The van der Waals surface area contributed by atoms with Crippen LogP contribution < -0.4 is 4.90 Å². The Bertz CT molecular complexity index is 1020. The lowest BCUT2D eigenvalue weighted by Gasteiger charge is -2.30. The summed E-state index contributed by atoms with van der Waals surface area (Å²) in [5.41, 5.74) is 5.34. The maximum absolute atomic E-state index is 13.4. The van der Waals surface area contributed by atoms with Crippen LogP contribution in [-0.2, 0) is 13.0 Å². The summed E-state index contributed by atoms with van der Waals surface area (Å²) >= 11 is 0. The third-order valence-corrected chi connectivity index (χ3v) is 4.58. The number of nitrogens with zero attached hydrogens (tertiary/aromatic N) is 5. The molecule has 0 aliphatic carbocycles. The van der Waals surface area contributed by atoms with Crippen molar-refractivity contribution in [1.82, 2.24) is 15.0 Å². The fraction of sp³-hybridized carbons (Fsp3) is 0.200. The summed E-state index contributed by atoms with van der Waals surface area (Å²) in [5, 5.41) is 9.01. The number of fused-ring (bicyclic) bond motifs is 1. The summed E-state index contributed by atoms with van der Waals surface area (Å²) in [6.07, 6.45) is 5.67. The van der Waals surface area contributed by atoms with E-state index < -0.39 is 5.95 Å². The lowest BCUT2D eigenvalue weighted by Crippen LogP contribution is -2.32. The van der Waals surface area contributed by atoms with E-state index >= 15 is 0 Å². The van der Waals surface area contributed by atoms with Gasteiger partial charge in [0.25, 0.3) is 0 Å². The predicted molar refractivity (Wildman–Crippen MR) is 95.9 cm³/mol. The quantitative estimate of drug-likeness (QED) is 0.666. The molecule has 0 atom stereocenters. The van der Waals surface area contributed by atoms with Gasteiger partial charge in [0.15, 0.2) is 0 Å². The van der Waals surface area contributed by atoms with Crippen LogP contribution in [0.3, 0.4) is 0 Å². The SMILES string of the molecule is Cc1cc(C#N)cnc1N1CCc2ncc(-c3ccnc(F)c3)cc2C1. The van der Waals surface area contributed by atoms with E-state index in [9.17, 15) is 4.39 Å². The molecule has 0 unspecified atom stereocenters. The first-order chi connectivity index (χ1) is 12.6. The number of nitriles is 1. The topological polar surface area (TPSA) is 65.7 Å². The molecular formula is C20H16FN5. The standard InChI is InChI=1S/C20H16FN5/c1-13-6-14(9-22)10-25-20(13)26-5-3-18-17(12-26)7-16(11-24-18)15-2-4-23-19(21)8-15/h2,4,6-8,10-11H,3,5,12H2,1H3. The zero-order chi connectivity index (χ0) is 18.1. The minimum atomic E-state index is -0.501. The minimum absolute atomic E-state index is 0.501. The van der Waals surface area contributed by atoms with E-state index in [2.05, 4.69) is 32.0 Å². The van der Waals surface area contributed by atoms with Crippen LogP contribution in [0.25, 0.3) is 11.1 Å². The predicted octanol–water partition coefficient (Wildman–Crippen LogP) is 3.42. The van der Waals surface area contributed by atoms with E-state index in [1.54, 1.807) is 18.5 Å². The van der Waals surface area contributed by atoms with Gasteiger partial charge in [-0.05, 0) is 41.8 Å². The van der Waals surface area contributed by atoms with E-state index in [1.807, 2.05) is 13.0 Å². The molecule has 1 aliphatic heterocycles. The van der Waals surface area contributed by atoms with E-state index in [4.69, 9.17) is 5.26 Å². The molecule has 3 aromatic rings. The zero-order valence-corrected chi connectivity index (χ0v) is 14.3. The second-order valence-electron chi connectivity index (χ2n) is 6.34. The number of anilines is 1. The molecule has 0 radical (unpaired) electrons. The highest BCUT2D eigenvalue weighted by Crippen LogP contribution is 2.28. The number of aromatic nitrogens is 3. The Morgan fingerprint density at radius 1 is 1.12 bits per heavy atom. The third kappa shape index (κ3) is 3.00. The zero-order valence-electron chi connectivity index (χ0n) is 14.3. The minimum Gasteiger partial charge on any atom is -0.352 e. The molecular weight excluding hydrogens is 329 g/mol. The van der Waals surface area contributed by atoms with Crippen molar-refractivity contribution in [3.8, 4) is 17.2 Å². The van der Waals surface area contributed by atoms with Gasteiger partial charge >= 0.3 is 0 Å². The molecule has 26 heavy (non-hydrogen) atoms. The molecule has 0 aromatic carbocycles. The molecule has 128 valence electrons. The normalized spacial score (nSPS) is 13.2. The van der Waals surface area contributed by atoms with Crippen LogP contribution in [0.2, 0.25) is 0 Å². The van der Waals surface area contributed by atoms with Gasteiger partial charge in [0.1, 0.15) is 11.9 Å². The van der Waals surface area contributed by atoms with Crippen molar-refractivity contribution in [1.29, 1.82) is 5.26 Å². The second-order valence-corrected chi connectivity index (χ2v) is 6.34. The van der Waals surface area contributed by atoms with Gasteiger partial charge in [-0.2, -0.15) is 9.65 Å². The fourth-order valence-electron chi connectivity index (χ4n) is 3.31. The van der Waals surface area contributed by atoms with Gasteiger partial charge in [0.05, 0.1) is 5.56 Å². The number of hydrogen-bond donors (Lipinski definition) is 0. The smallest absolute Gasteiger partial charge is 0.213 e. The van der Waals surface area contributed by atoms with Crippen molar-refractivity contribution >= 4 is 5.82 Å². The van der Waals surface area contributed by atoms with E-state index in [0.29, 0.717) is 12.1 Å². The summed E-state index contributed by atoms with van der Waals surface area (Å²) in [7, 11) is 0. The lowest BCUT2D eigenvalue weighted by molar-refractivity contribution is 0.584. The highest BCUT2D eigenvalue weighted by atomic mass is 19.1. The fourth-order valence-corrected chi connectivity index (χ4v) is 3.31. The Morgan fingerprint density at radius 2 is 2.00 bits per heavy atom. The lowest BCUT2D eigenvalue weighted by atomic mass is 10.0. The molecule has 0 saturated heterocycles. The monoisotopic (exact) mass is 345 g/mol. The van der Waals surface area contributed by atoms with Crippen LogP contribution >= 0.6 is 0 Å². The van der Waals surface area contributed by atoms with Crippen molar-refractivity contribution in [2.24, 2.45) is 0 Å². The van der Waals surface area contributed by atoms with Crippen LogP contribution in [0.5, 0.6) is 0 Å². The molecule has 4 heterocycles. The van der Waals surface area contributed by atoms with Crippen LogP contribution in [0, 0.1) is 24.2 Å². The summed E-state index contributed by atoms with van der Waals surface area (Å²) < 4.78 is 13.4. The number of hydrogen-bond acceptors (Lipinski definition) is 5. The molecule has 0 saturated carbocycles. The van der Waals surface area contributed by atoms with Gasteiger partial charge in [0, 0.05) is 55.4 Å². The van der Waals surface area contributed by atoms with E-state index in [1.165, 1.54) is 12.3 Å². The Labute approximate surface area is 150 Å². The summed E-state index contributed by atoms with van der Waals surface area (Å²) in [6, 6.07) is 9.22. The molecule has 5 nitrogen and oxygen atoms in total. The van der Waals surface area contributed by atoms with Crippen LogP contribution in [-0.4, -0.2) is 21.5 Å². The van der Waals surface area contributed by atoms with Crippen molar-refractivity contribution < 1.29 is 4.39 Å². The van der Waals surface area contributed by atoms with Crippen molar-refractivity contribution in [3.63, 3.8) is 0 Å². The third-order valence-electron chi connectivity index (χ3n) is 4.58. The van der Waals surface area contributed by atoms with Gasteiger partial charge in [-0.1, -0.05) is 0 Å². The van der Waals surface area contributed by atoms with Gasteiger partial charge in [-0.25, -0.2) is 9.97 Å². The van der Waals surface area contributed by atoms with E-state index in [-0.39, 0.29) is 0 Å². The summed E-state index contributed by atoms with van der Waals surface area (Å²) in [5.74, 6) is 0.384. The molecule has 0 amide bonds. The Balaban J connectivity index is 1.66. The van der Waals surface area contributed by atoms with Crippen LogP contribution in [0.1, 0.15) is 22.4 Å². The number of rotatable bonds is 2. The van der Waals surface area contributed by atoms with Gasteiger partial charge in [-0.3, -0.25) is 4.98 Å². The maximum Gasteiger partial charge on any atom is 0.213 e. The number of halogens is 1. The first-order valence-corrected chi connectivity index (χ1v) is 8.35. The van der Waals surface area contributed by atoms with Crippen molar-refractivity contribution in [2.45, 2.75) is 19.9 Å². The average Bonchev–Trinajstić information content (AvgIpc) is 2.67. The van der Waals surface area contributed by atoms with Gasteiger partial charge < -0.3 is 4.90 Å². The molecule has 3 aromatic heterocycles. The summed E-state index contributed by atoms with van der Waals surface area (Å²) in [6.45, 7) is 3.47. The van der Waals surface area contributed by atoms with Crippen molar-refractivity contribution in [2.75, 3.05) is 11.4 Å². The second kappa shape index (κ2) is 6.52. The largest absolute Gasteiger partial charge is 0.352 e. The molecule has 0 spiro atoms. The average molecular weight is 345 g/mol. The van der Waals surface area contributed by atoms with Crippen LogP contribution in [0.4, 0.5) is 10.2 Å². The first-order valence-electron chi connectivity index (χ1n) is 8.35. The Hall–Kier alpha value is -3.33. The van der Waals surface area contributed by atoms with Gasteiger partial charge in [-0.15, -0.1) is 0 Å².